The molecule has 0 radical (unpaired) electrons. The van der Waals surface area contributed by atoms with E-state index in [0.29, 0.717) is 0 Å². The first-order valence-electron chi connectivity index (χ1n) is 3.92. The molecular weight excluding hydrogens is 222 g/mol. The molecule has 0 unspecified atom stereocenters. The summed E-state index contributed by atoms with van der Waals surface area (Å²) >= 11 is 5.62. The Labute approximate surface area is 90.6 Å². The highest BCUT2D eigenvalue weighted by Crippen LogP contribution is 2.20. The number of nitrogens with one attached hydrogen (secondary N) is 1. The maximum absolute atomic E-state index is 10.9. The Morgan fingerprint density at radius 3 is 2.67 bits per heavy atom. The minimum Gasteiger partial charge on any atom is -0.478 e. The van der Waals surface area contributed by atoms with Crippen molar-refractivity contribution in [2.45, 2.75) is 0 Å². The second-order valence-corrected chi connectivity index (χ2v) is 3.05. The number of halogens is 1. The lowest BCUT2D eigenvalue weighted by molar-refractivity contribution is 0.0698. The van der Waals surface area contributed by atoms with Gasteiger partial charge in [-0.2, -0.15) is 0 Å². The monoisotopic (exact) mass is 229 g/mol. The molecule has 0 saturated heterocycles. The summed E-state index contributed by atoms with van der Waals surface area (Å²) in [6, 6.07) is 4.11. The van der Waals surface area contributed by atoms with Crippen molar-refractivity contribution < 1.29 is 19.4 Å². The lowest BCUT2D eigenvalue weighted by Gasteiger charge is -2.07. The van der Waals surface area contributed by atoms with Crippen LogP contribution < -0.4 is 5.32 Å². The van der Waals surface area contributed by atoms with Crippen molar-refractivity contribution in [2.24, 2.45) is 0 Å². The summed E-state index contributed by atoms with van der Waals surface area (Å²) in [5, 5.41) is 11.4. The maximum atomic E-state index is 10.9. The first-order chi connectivity index (χ1) is 7.04. The molecule has 1 rings (SSSR count). The van der Waals surface area contributed by atoms with Crippen molar-refractivity contribution in [1.29, 1.82) is 0 Å². The van der Waals surface area contributed by atoms with Crippen LogP contribution in [-0.2, 0) is 4.74 Å². The quantitative estimate of drug-likeness (QED) is 0.815. The molecule has 0 fully saturated rings. The van der Waals surface area contributed by atoms with Crippen LogP contribution in [-0.4, -0.2) is 24.3 Å². The lowest BCUT2D eigenvalue weighted by atomic mass is 10.2. The van der Waals surface area contributed by atoms with Crippen molar-refractivity contribution in [1.82, 2.24) is 0 Å². The number of anilines is 1. The van der Waals surface area contributed by atoms with E-state index >= 15 is 0 Å². The van der Waals surface area contributed by atoms with Crippen molar-refractivity contribution in [3.05, 3.63) is 28.8 Å². The number of hydrogen-bond acceptors (Lipinski definition) is 3. The van der Waals surface area contributed by atoms with E-state index in [4.69, 9.17) is 16.7 Å². The average Bonchev–Trinajstić information content (AvgIpc) is 2.20. The Hall–Kier alpha value is -1.75. The molecule has 15 heavy (non-hydrogen) atoms. The molecule has 0 aliphatic heterocycles. The Balaban J connectivity index is 3.06. The highest BCUT2D eigenvalue weighted by Gasteiger charge is 2.12. The van der Waals surface area contributed by atoms with Gasteiger partial charge in [0.2, 0.25) is 0 Å². The predicted molar refractivity (Wildman–Crippen MR) is 54.4 cm³/mol. The van der Waals surface area contributed by atoms with Crippen LogP contribution in [0.1, 0.15) is 10.4 Å². The summed E-state index contributed by atoms with van der Waals surface area (Å²) in [6.07, 6.45) is -0.736. The third-order valence-electron chi connectivity index (χ3n) is 1.63. The van der Waals surface area contributed by atoms with Crippen molar-refractivity contribution >= 4 is 29.4 Å². The molecular formula is C9H8ClNO4. The molecule has 0 spiro atoms. The van der Waals surface area contributed by atoms with E-state index < -0.39 is 12.1 Å². The molecule has 6 heteroatoms. The molecule has 0 atom stereocenters. The number of aromatic carboxylic acids is 1. The Morgan fingerprint density at radius 1 is 1.47 bits per heavy atom. The van der Waals surface area contributed by atoms with Crippen LogP contribution in [0.2, 0.25) is 5.02 Å². The first-order valence-corrected chi connectivity index (χ1v) is 4.30. The van der Waals surface area contributed by atoms with E-state index in [9.17, 15) is 9.59 Å². The van der Waals surface area contributed by atoms with Crippen LogP contribution in [0.3, 0.4) is 0 Å². The van der Waals surface area contributed by atoms with Crippen LogP contribution in [0.5, 0.6) is 0 Å². The number of rotatable bonds is 2. The zero-order valence-electron chi connectivity index (χ0n) is 7.78. The molecule has 0 saturated carbocycles. The summed E-state index contributed by atoms with van der Waals surface area (Å²) in [7, 11) is 1.19. The standard InChI is InChI=1S/C9H8ClNO4/c1-15-9(14)11-7-3-2-5(10)4-6(7)8(12)13/h2-4H,1H3,(H,11,14)(H,12,13). The third-order valence-corrected chi connectivity index (χ3v) is 1.87. The van der Waals surface area contributed by atoms with Gasteiger partial charge in [0.15, 0.2) is 0 Å². The van der Waals surface area contributed by atoms with Gasteiger partial charge >= 0.3 is 12.1 Å². The van der Waals surface area contributed by atoms with Crippen molar-refractivity contribution in [3.8, 4) is 0 Å². The third kappa shape index (κ3) is 2.85. The largest absolute Gasteiger partial charge is 0.478 e. The summed E-state index contributed by atoms with van der Waals surface area (Å²) in [6.45, 7) is 0. The van der Waals surface area contributed by atoms with Crippen LogP contribution in [0, 0.1) is 0 Å². The van der Waals surface area contributed by atoms with Gasteiger partial charge in [-0.3, -0.25) is 5.32 Å². The van der Waals surface area contributed by atoms with Crippen LogP contribution in [0.4, 0.5) is 10.5 Å². The Kier molecular flexibility index (Phi) is 3.51. The summed E-state index contributed by atoms with van der Waals surface area (Å²) in [5.41, 5.74) is 0.0478. The van der Waals surface area contributed by atoms with Gasteiger partial charge in [-0.05, 0) is 18.2 Å². The maximum Gasteiger partial charge on any atom is 0.411 e. The number of methoxy groups -OCH3 is 1. The summed E-state index contributed by atoms with van der Waals surface area (Å²) in [4.78, 5) is 21.7. The molecule has 0 aliphatic carbocycles. The van der Waals surface area contributed by atoms with E-state index in [2.05, 4.69) is 10.1 Å². The van der Waals surface area contributed by atoms with Crippen LogP contribution >= 0.6 is 11.6 Å². The van der Waals surface area contributed by atoms with Crippen LogP contribution in [0.25, 0.3) is 0 Å². The number of carboxylic acid groups (broad SMARTS) is 1. The SMILES string of the molecule is COC(=O)Nc1ccc(Cl)cc1C(=O)O. The highest BCUT2D eigenvalue weighted by molar-refractivity contribution is 6.31. The van der Waals surface area contributed by atoms with Gasteiger partial charge < -0.3 is 9.84 Å². The molecule has 1 aromatic rings. The number of carboxylic acids is 1. The average molecular weight is 230 g/mol. The minimum atomic E-state index is -1.18. The van der Waals surface area contributed by atoms with Crippen molar-refractivity contribution in [3.63, 3.8) is 0 Å². The molecule has 0 bridgehead atoms. The van der Waals surface area contributed by atoms with Crippen LogP contribution in [0.15, 0.2) is 18.2 Å². The smallest absolute Gasteiger partial charge is 0.411 e. The Morgan fingerprint density at radius 2 is 2.13 bits per heavy atom. The molecule has 1 amide bonds. The number of carbonyl (C=O) groups excluding carboxylic acids is 1. The number of hydrogen-bond donors (Lipinski definition) is 2. The number of carbonyl (C=O) groups is 2. The van der Waals surface area contributed by atoms with Gasteiger partial charge in [0.1, 0.15) is 0 Å². The molecule has 5 nitrogen and oxygen atoms in total. The van der Waals surface area contributed by atoms with E-state index in [1.165, 1.54) is 25.3 Å². The number of amides is 1. The molecule has 2 N–H and O–H groups in total. The predicted octanol–water partition coefficient (Wildman–Crippen LogP) is 2.22. The van der Waals surface area contributed by atoms with Gasteiger partial charge in [0, 0.05) is 5.02 Å². The van der Waals surface area contributed by atoms with Gasteiger partial charge in [0.25, 0.3) is 0 Å². The van der Waals surface area contributed by atoms with E-state index in [1.54, 1.807) is 0 Å². The van der Waals surface area contributed by atoms with Gasteiger partial charge in [-0.15, -0.1) is 0 Å². The molecule has 0 heterocycles. The van der Waals surface area contributed by atoms with Gasteiger partial charge in [-0.25, -0.2) is 9.59 Å². The van der Waals surface area contributed by atoms with E-state index in [1.807, 2.05) is 0 Å². The lowest BCUT2D eigenvalue weighted by Crippen LogP contribution is -2.14. The van der Waals surface area contributed by atoms with E-state index in [0.717, 1.165) is 0 Å². The number of benzene rings is 1. The summed E-state index contributed by atoms with van der Waals surface area (Å²) in [5.74, 6) is -1.18. The zero-order valence-corrected chi connectivity index (χ0v) is 8.54. The zero-order chi connectivity index (χ0) is 11.4. The topological polar surface area (TPSA) is 75.6 Å². The molecule has 0 aliphatic rings. The van der Waals surface area contributed by atoms with E-state index in [-0.39, 0.29) is 16.3 Å². The summed E-state index contributed by atoms with van der Waals surface area (Å²) < 4.78 is 4.34. The Bertz CT molecular complexity index is 405. The fourth-order valence-electron chi connectivity index (χ4n) is 0.963. The van der Waals surface area contributed by atoms with Gasteiger partial charge in [-0.1, -0.05) is 11.6 Å². The highest BCUT2D eigenvalue weighted by atomic mass is 35.5. The molecule has 0 aromatic heterocycles. The van der Waals surface area contributed by atoms with Crippen molar-refractivity contribution in [2.75, 3.05) is 12.4 Å². The number of ether oxygens (including phenoxy) is 1. The molecule has 1 aromatic carbocycles. The van der Waals surface area contributed by atoms with Gasteiger partial charge in [0.05, 0.1) is 18.4 Å². The normalized spacial score (nSPS) is 9.47. The second-order valence-electron chi connectivity index (χ2n) is 2.61. The second kappa shape index (κ2) is 4.65. The minimum absolute atomic E-state index is 0.0899. The molecule has 80 valence electrons. The fraction of sp³-hybridized carbons (Fsp3) is 0.111. The first kappa shape index (κ1) is 11.3. The fourth-order valence-corrected chi connectivity index (χ4v) is 1.14.